The van der Waals surface area contributed by atoms with Crippen molar-refractivity contribution in [3.63, 3.8) is 0 Å². The van der Waals surface area contributed by atoms with Crippen molar-refractivity contribution in [2.45, 2.75) is 16.2 Å². The van der Waals surface area contributed by atoms with Gasteiger partial charge in [-0.15, -0.1) is 13.2 Å². The Labute approximate surface area is 197 Å². The minimum Gasteiger partial charge on any atom is -0.497 e. The maximum atomic E-state index is 13.0. The Morgan fingerprint density at radius 1 is 1.00 bits per heavy atom. The van der Waals surface area contributed by atoms with Crippen LogP contribution in [0, 0.1) is 0 Å². The van der Waals surface area contributed by atoms with E-state index in [9.17, 15) is 19.8 Å². The van der Waals surface area contributed by atoms with Crippen LogP contribution in [0.15, 0.2) is 69.5 Å². The quantitative estimate of drug-likeness (QED) is 0.193. The predicted octanol–water partition coefficient (Wildman–Crippen LogP) is 3.01. The molecular formula is C22H22N4O5S2. The minimum atomic E-state index is -1.18. The zero-order chi connectivity index (χ0) is 24.0. The van der Waals surface area contributed by atoms with Gasteiger partial charge in [0, 0.05) is 11.5 Å². The topological polar surface area (TPSA) is 141 Å². The lowest BCUT2D eigenvalue weighted by Crippen LogP contribution is -2.26. The molecule has 2 heterocycles. The van der Waals surface area contributed by atoms with Gasteiger partial charge in [0.05, 0.1) is 24.2 Å². The van der Waals surface area contributed by atoms with Gasteiger partial charge in [0.25, 0.3) is 11.1 Å². The average Bonchev–Trinajstić information content (AvgIpc) is 2.79. The summed E-state index contributed by atoms with van der Waals surface area (Å²) >= 11 is 2.36. The Hall–Kier alpha value is -3.44. The monoisotopic (exact) mass is 486 g/mol. The predicted molar refractivity (Wildman–Crippen MR) is 129 cm³/mol. The van der Waals surface area contributed by atoms with Crippen LogP contribution in [-0.4, -0.2) is 48.8 Å². The normalized spacial score (nSPS) is 10.8. The standard InChI is InChI=1S/C22H22N4O5S2/c1-4-9-32-21-23-17(27)15(18(28)24-21)14(12-7-6-8-13(11-12)31-3)16-19(29)25-22(26-20(16)30)33-10-5-2/h4-8,11,14H,1-2,9-10H2,3H3,(H2,23,24,27,28)(H2,25,26,29,30). The largest absolute Gasteiger partial charge is 0.497 e. The number of hydrogen-bond donors (Lipinski definition) is 4. The summed E-state index contributed by atoms with van der Waals surface area (Å²) in [6.07, 6.45) is 3.26. The summed E-state index contributed by atoms with van der Waals surface area (Å²) in [7, 11) is 1.48. The molecule has 9 nitrogen and oxygen atoms in total. The van der Waals surface area contributed by atoms with Crippen molar-refractivity contribution in [2.75, 3.05) is 18.6 Å². The lowest BCUT2D eigenvalue weighted by molar-refractivity contribution is 0.412. The highest BCUT2D eigenvalue weighted by molar-refractivity contribution is 7.99. The van der Waals surface area contributed by atoms with Gasteiger partial charge >= 0.3 is 0 Å². The maximum Gasteiger partial charge on any atom is 0.259 e. The van der Waals surface area contributed by atoms with Crippen LogP contribution >= 0.6 is 23.5 Å². The third kappa shape index (κ3) is 5.49. The van der Waals surface area contributed by atoms with Crippen LogP contribution in [0.3, 0.4) is 0 Å². The fourth-order valence-corrected chi connectivity index (χ4v) is 4.32. The van der Waals surface area contributed by atoms with Crippen molar-refractivity contribution in [3.05, 3.63) is 87.0 Å². The van der Waals surface area contributed by atoms with Crippen molar-refractivity contribution in [1.82, 2.24) is 19.9 Å². The number of aromatic hydroxyl groups is 2. The molecule has 4 N–H and O–H groups in total. The Morgan fingerprint density at radius 2 is 1.52 bits per heavy atom. The van der Waals surface area contributed by atoms with E-state index in [1.807, 2.05) is 0 Å². The molecule has 0 radical (unpaired) electrons. The molecule has 172 valence electrons. The summed E-state index contributed by atoms with van der Waals surface area (Å²) in [5.74, 6) is -0.917. The van der Waals surface area contributed by atoms with Gasteiger partial charge in [-0.2, -0.15) is 9.97 Å². The van der Waals surface area contributed by atoms with Crippen molar-refractivity contribution in [2.24, 2.45) is 0 Å². The minimum absolute atomic E-state index is 0.193. The summed E-state index contributed by atoms with van der Waals surface area (Å²) in [6, 6.07) is 6.60. The smallest absolute Gasteiger partial charge is 0.259 e. The van der Waals surface area contributed by atoms with Crippen molar-refractivity contribution in [3.8, 4) is 17.5 Å². The third-order valence-corrected chi connectivity index (χ3v) is 6.25. The fraction of sp³-hybridized carbons (Fsp3) is 0.182. The maximum absolute atomic E-state index is 13.0. The van der Waals surface area contributed by atoms with Gasteiger partial charge in [0.2, 0.25) is 11.8 Å². The van der Waals surface area contributed by atoms with Crippen LogP contribution in [0.4, 0.5) is 0 Å². The molecular weight excluding hydrogens is 464 g/mol. The Kier molecular flexibility index (Phi) is 8.01. The molecule has 0 saturated heterocycles. The van der Waals surface area contributed by atoms with Gasteiger partial charge in [-0.3, -0.25) is 9.59 Å². The first-order valence-corrected chi connectivity index (χ1v) is 11.6. The van der Waals surface area contributed by atoms with E-state index in [1.54, 1.807) is 36.4 Å². The first kappa shape index (κ1) is 24.2. The fourth-order valence-electron chi connectivity index (χ4n) is 3.13. The molecule has 0 atom stereocenters. The summed E-state index contributed by atoms with van der Waals surface area (Å²) in [5.41, 5.74) is -1.32. The number of methoxy groups -OCH3 is 1. The molecule has 0 fully saturated rings. The van der Waals surface area contributed by atoms with Gasteiger partial charge in [0.15, 0.2) is 10.3 Å². The molecule has 33 heavy (non-hydrogen) atoms. The van der Waals surface area contributed by atoms with Gasteiger partial charge in [0.1, 0.15) is 5.75 Å². The van der Waals surface area contributed by atoms with E-state index in [1.165, 1.54) is 30.6 Å². The van der Waals surface area contributed by atoms with E-state index >= 15 is 0 Å². The van der Waals surface area contributed by atoms with E-state index < -0.39 is 28.8 Å². The molecule has 2 aromatic heterocycles. The molecule has 0 saturated carbocycles. The van der Waals surface area contributed by atoms with Crippen LogP contribution in [-0.2, 0) is 0 Å². The number of aromatic amines is 2. The number of thioether (sulfide) groups is 2. The lowest BCUT2D eigenvalue weighted by Gasteiger charge is -2.19. The number of nitrogens with zero attached hydrogens (tertiary/aromatic N) is 2. The molecule has 0 aliphatic rings. The number of hydrogen-bond acceptors (Lipinski definition) is 9. The summed E-state index contributed by atoms with van der Waals surface area (Å²) in [5, 5.41) is 21.8. The number of nitrogens with one attached hydrogen (secondary N) is 2. The highest BCUT2D eigenvalue weighted by Gasteiger charge is 2.31. The molecule has 0 aliphatic heterocycles. The highest BCUT2D eigenvalue weighted by Crippen LogP contribution is 2.37. The molecule has 0 aliphatic carbocycles. The Bertz CT molecular complexity index is 1210. The van der Waals surface area contributed by atoms with E-state index in [-0.39, 0.29) is 21.4 Å². The van der Waals surface area contributed by atoms with Gasteiger partial charge < -0.3 is 24.9 Å². The first-order chi connectivity index (χ1) is 15.9. The van der Waals surface area contributed by atoms with E-state index in [4.69, 9.17) is 4.74 Å². The second-order valence-electron chi connectivity index (χ2n) is 6.63. The molecule has 0 bridgehead atoms. The van der Waals surface area contributed by atoms with Crippen molar-refractivity contribution >= 4 is 23.5 Å². The summed E-state index contributed by atoms with van der Waals surface area (Å²) in [6.45, 7) is 7.22. The third-order valence-electron chi connectivity index (χ3n) is 4.51. The lowest BCUT2D eigenvalue weighted by atomic mass is 9.87. The highest BCUT2D eigenvalue weighted by atomic mass is 32.2. The molecule has 3 rings (SSSR count). The van der Waals surface area contributed by atoms with Gasteiger partial charge in [-0.1, -0.05) is 47.8 Å². The number of benzene rings is 1. The Morgan fingerprint density at radius 3 is 1.94 bits per heavy atom. The molecule has 3 aromatic rings. The molecule has 11 heteroatoms. The van der Waals surface area contributed by atoms with Crippen LogP contribution in [0.5, 0.6) is 17.5 Å². The number of H-pyrrole nitrogens is 2. The molecule has 0 unspecified atom stereocenters. The first-order valence-electron chi connectivity index (χ1n) is 9.67. The van der Waals surface area contributed by atoms with Crippen LogP contribution in [0.1, 0.15) is 22.6 Å². The SMILES string of the molecule is C=CCSc1nc(O)c(C(c2cccc(OC)c2)c2c(O)nc(SCC=C)[nH]c2=O)c(=O)[nH]1. The van der Waals surface area contributed by atoms with Gasteiger partial charge in [-0.05, 0) is 17.7 Å². The van der Waals surface area contributed by atoms with E-state index in [2.05, 4.69) is 33.1 Å². The number of ether oxygens (including phenoxy) is 1. The average molecular weight is 487 g/mol. The molecule has 0 spiro atoms. The zero-order valence-electron chi connectivity index (χ0n) is 17.7. The summed E-state index contributed by atoms with van der Waals surface area (Å²) in [4.78, 5) is 39.4. The second kappa shape index (κ2) is 10.9. The number of aromatic nitrogens is 4. The van der Waals surface area contributed by atoms with E-state index in [0.717, 1.165) is 0 Å². The van der Waals surface area contributed by atoms with Crippen LogP contribution in [0.25, 0.3) is 0 Å². The Balaban J connectivity index is 2.25. The van der Waals surface area contributed by atoms with Crippen LogP contribution < -0.4 is 15.9 Å². The zero-order valence-corrected chi connectivity index (χ0v) is 19.3. The van der Waals surface area contributed by atoms with Crippen LogP contribution in [0.2, 0.25) is 0 Å². The van der Waals surface area contributed by atoms with Crippen molar-refractivity contribution < 1.29 is 14.9 Å². The molecule has 0 amide bonds. The second-order valence-corrected chi connectivity index (χ2v) is 8.64. The van der Waals surface area contributed by atoms with Gasteiger partial charge in [-0.25, -0.2) is 0 Å². The number of rotatable bonds is 10. The van der Waals surface area contributed by atoms with Crippen molar-refractivity contribution in [1.29, 1.82) is 0 Å². The van der Waals surface area contributed by atoms with E-state index in [0.29, 0.717) is 22.8 Å². The molecule has 1 aromatic carbocycles. The summed E-state index contributed by atoms with van der Waals surface area (Å²) < 4.78 is 5.27.